The molecule has 0 radical (unpaired) electrons. The first-order chi connectivity index (χ1) is 11.5. The Labute approximate surface area is 141 Å². The summed E-state index contributed by atoms with van der Waals surface area (Å²) in [6, 6.07) is 5.42. The third-order valence-electron chi connectivity index (χ3n) is 4.59. The van der Waals surface area contributed by atoms with Gasteiger partial charge in [-0.1, -0.05) is 6.07 Å². The Bertz CT molecular complexity index is 626. The van der Waals surface area contributed by atoms with E-state index in [9.17, 15) is 9.59 Å². The molecule has 2 aliphatic heterocycles. The lowest BCUT2D eigenvalue weighted by Gasteiger charge is -2.31. The van der Waals surface area contributed by atoms with Crippen LogP contribution >= 0.6 is 0 Å². The number of rotatable bonds is 3. The standard InChI is InChI=1S/C17H23N3O4/c1-11(13-2-3-14-15(10-13)24-9-8-23-14)19-17(22)20-6-4-12(5-7-20)16(18)21/h2-3,10-12H,4-9H2,1H3,(H2,18,21)(H,19,22)/t11-/m1/s1. The maximum atomic E-state index is 12.4. The van der Waals surface area contributed by atoms with E-state index in [-0.39, 0.29) is 23.9 Å². The third kappa shape index (κ3) is 3.55. The minimum atomic E-state index is -0.278. The lowest BCUT2D eigenvalue weighted by molar-refractivity contribution is -0.123. The molecule has 0 unspecified atom stereocenters. The van der Waals surface area contributed by atoms with Gasteiger partial charge in [0, 0.05) is 19.0 Å². The van der Waals surface area contributed by atoms with Crippen molar-refractivity contribution in [2.75, 3.05) is 26.3 Å². The van der Waals surface area contributed by atoms with Gasteiger partial charge in [0.1, 0.15) is 13.2 Å². The first-order valence-electron chi connectivity index (χ1n) is 8.29. The van der Waals surface area contributed by atoms with Crippen molar-refractivity contribution in [3.8, 4) is 11.5 Å². The second-order valence-electron chi connectivity index (χ2n) is 6.24. The molecule has 2 aliphatic rings. The molecule has 1 atom stereocenters. The first-order valence-corrected chi connectivity index (χ1v) is 8.29. The minimum absolute atomic E-state index is 0.121. The molecule has 3 N–H and O–H groups in total. The lowest BCUT2D eigenvalue weighted by atomic mass is 9.96. The second-order valence-corrected chi connectivity index (χ2v) is 6.24. The zero-order valence-electron chi connectivity index (χ0n) is 13.8. The van der Waals surface area contributed by atoms with Crippen LogP contribution in [0.1, 0.15) is 31.4 Å². The number of benzene rings is 1. The topological polar surface area (TPSA) is 93.9 Å². The van der Waals surface area contributed by atoms with Gasteiger partial charge in [0.25, 0.3) is 0 Å². The van der Waals surface area contributed by atoms with Crippen LogP contribution in [0.2, 0.25) is 0 Å². The normalized spacial score (nSPS) is 18.8. The number of primary amides is 1. The van der Waals surface area contributed by atoms with E-state index in [1.807, 2.05) is 25.1 Å². The zero-order chi connectivity index (χ0) is 17.1. The molecule has 130 valence electrons. The van der Waals surface area contributed by atoms with Crippen molar-refractivity contribution < 1.29 is 19.1 Å². The lowest BCUT2D eigenvalue weighted by Crippen LogP contribution is -2.46. The maximum Gasteiger partial charge on any atom is 0.317 e. The fourth-order valence-electron chi connectivity index (χ4n) is 3.06. The molecule has 1 fully saturated rings. The number of amides is 3. The van der Waals surface area contributed by atoms with Crippen LogP contribution in [0.3, 0.4) is 0 Å². The van der Waals surface area contributed by atoms with Crippen LogP contribution in [0.5, 0.6) is 11.5 Å². The van der Waals surface area contributed by atoms with Gasteiger partial charge in [-0.25, -0.2) is 4.79 Å². The van der Waals surface area contributed by atoms with Crippen LogP contribution in [0, 0.1) is 5.92 Å². The van der Waals surface area contributed by atoms with Crippen LogP contribution in [-0.2, 0) is 4.79 Å². The van der Waals surface area contributed by atoms with Crippen molar-refractivity contribution in [1.29, 1.82) is 0 Å². The Morgan fingerprint density at radius 2 is 1.88 bits per heavy atom. The van der Waals surface area contributed by atoms with Crippen molar-refractivity contribution in [2.45, 2.75) is 25.8 Å². The van der Waals surface area contributed by atoms with Crippen molar-refractivity contribution in [3.63, 3.8) is 0 Å². The predicted octanol–water partition coefficient (Wildman–Crippen LogP) is 1.43. The monoisotopic (exact) mass is 333 g/mol. The summed E-state index contributed by atoms with van der Waals surface area (Å²) in [5.74, 6) is 1.04. The first kappa shape index (κ1) is 16.4. The highest BCUT2D eigenvalue weighted by Gasteiger charge is 2.26. The summed E-state index contributed by atoms with van der Waals surface area (Å²) in [4.78, 5) is 25.3. The number of piperidine rings is 1. The van der Waals surface area contributed by atoms with E-state index in [2.05, 4.69) is 5.32 Å². The number of carbonyl (C=O) groups is 2. The van der Waals surface area contributed by atoms with Gasteiger partial charge >= 0.3 is 6.03 Å². The molecular formula is C17H23N3O4. The van der Waals surface area contributed by atoms with Crippen LogP contribution in [0.15, 0.2) is 18.2 Å². The van der Waals surface area contributed by atoms with E-state index < -0.39 is 0 Å². The summed E-state index contributed by atoms with van der Waals surface area (Å²) < 4.78 is 11.1. The Morgan fingerprint density at radius 1 is 1.21 bits per heavy atom. The molecule has 0 bridgehead atoms. The second kappa shape index (κ2) is 6.98. The van der Waals surface area contributed by atoms with E-state index >= 15 is 0 Å². The molecule has 0 saturated carbocycles. The molecule has 0 aliphatic carbocycles. The Morgan fingerprint density at radius 3 is 2.54 bits per heavy atom. The number of urea groups is 1. The number of nitrogens with zero attached hydrogens (tertiary/aromatic N) is 1. The maximum absolute atomic E-state index is 12.4. The molecule has 2 heterocycles. The van der Waals surface area contributed by atoms with Gasteiger partial charge in [-0.3, -0.25) is 4.79 Å². The fourth-order valence-corrected chi connectivity index (χ4v) is 3.06. The number of hydrogen-bond acceptors (Lipinski definition) is 4. The van der Waals surface area contributed by atoms with Crippen LogP contribution in [0.4, 0.5) is 4.79 Å². The summed E-state index contributed by atoms with van der Waals surface area (Å²) in [5, 5.41) is 2.99. The fraction of sp³-hybridized carbons (Fsp3) is 0.529. The predicted molar refractivity (Wildman–Crippen MR) is 87.9 cm³/mol. The van der Waals surface area contributed by atoms with E-state index in [0.717, 1.165) is 11.3 Å². The number of fused-ring (bicyclic) bond motifs is 1. The highest BCUT2D eigenvalue weighted by molar-refractivity contribution is 5.78. The summed E-state index contributed by atoms with van der Waals surface area (Å²) in [5.41, 5.74) is 6.28. The van der Waals surface area contributed by atoms with E-state index in [1.54, 1.807) is 4.90 Å². The van der Waals surface area contributed by atoms with E-state index in [4.69, 9.17) is 15.2 Å². The van der Waals surface area contributed by atoms with Gasteiger partial charge < -0.3 is 25.4 Å². The number of ether oxygens (including phenoxy) is 2. The molecule has 24 heavy (non-hydrogen) atoms. The highest BCUT2D eigenvalue weighted by Crippen LogP contribution is 2.32. The van der Waals surface area contributed by atoms with E-state index in [1.165, 1.54) is 0 Å². The minimum Gasteiger partial charge on any atom is -0.486 e. The van der Waals surface area contributed by atoms with Gasteiger partial charge in [0.05, 0.1) is 6.04 Å². The quantitative estimate of drug-likeness (QED) is 0.875. The van der Waals surface area contributed by atoms with Crippen LogP contribution < -0.4 is 20.5 Å². The summed E-state index contributed by atoms with van der Waals surface area (Å²) in [6.07, 6.45) is 1.25. The molecule has 3 rings (SSSR count). The summed E-state index contributed by atoms with van der Waals surface area (Å²) in [6.45, 7) is 4.12. The largest absolute Gasteiger partial charge is 0.486 e. The summed E-state index contributed by atoms with van der Waals surface area (Å²) >= 11 is 0. The van der Waals surface area contributed by atoms with Crippen LogP contribution in [-0.4, -0.2) is 43.1 Å². The molecule has 0 aromatic heterocycles. The number of nitrogens with two attached hydrogens (primary N) is 1. The SMILES string of the molecule is C[C@@H](NC(=O)N1CCC(C(N)=O)CC1)c1ccc2c(c1)OCCO2. The average Bonchev–Trinajstić information content (AvgIpc) is 2.61. The van der Waals surface area contributed by atoms with Gasteiger partial charge in [-0.15, -0.1) is 0 Å². The van der Waals surface area contributed by atoms with Crippen molar-refractivity contribution >= 4 is 11.9 Å². The Hall–Kier alpha value is -2.44. The number of nitrogens with one attached hydrogen (secondary N) is 1. The number of likely N-dealkylation sites (tertiary alicyclic amines) is 1. The molecule has 1 aromatic rings. The smallest absolute Gasteiger partial charge is 0.317 e. The van der Waals surface area contributed by atoms with Crippen molar-refractivity contribution in [1.82, 2.24) is 10.2 Å². The van der Waals surface area contributed by atoms with Crippen LogP contribution in [0.25, 0.3) is 0 Å². The van der Waals surface area contributed by atoms with Crippen molar-refractivity contribution in [3.05, 3.63) is 23.8 Å². The molecule has 7 heteroatoms. The number of carbonyl (C=O) groups excluding carboxylic acids is 2. The molecule has 1 aromatic carbocycles. The third-order valence-corrected chi connectivity index (χ3v) is 4.59. The Kier molecular flexibility index (Phi) is 4.78. The van der Waals surface area contributed by atoms with Crippen molar-refractivity contribution in [2.24, 2.45) is 11.7 Å². The molecule has 0 spiro atoms. The van der Waals surface area contributed by atoms with E-state index in [0.29, 0.717) is 44.9 Å². The van der Waals surface area contributed by atoms with Gasteiger partial charge in [-0.2, -0.15) is 0 Å². The Balaban J connectivity index is 1.57. The zero-order valence-corrected chi connectivity index (χ0v) is 13.8. The van der Waals surface area contributed by atoms with Gasteiger partial charge in [0.2, 0.25) is 5.91 Å². The molecule has 1 saturated heterocycles. The molecular weight excluding hydrogens is 310 g/mol. The highest BCUT2D eigenvalue weighted by atomic mass is 16.6. The molecule has 3 amide bonds. The van der Waals surface area contributed by atoms with Gasteiger partial charge in [0.15, 0.2) is 11.5 Å². The molecule has 7 nitrogen and oxygen atoms in total. The van der Waals surface area contributed by atoms with Gasteiger partial charge in [-0.05, 0) is 37.5 Å². The average molecular weight is 333 g/mol. The summed E-state index contributed by atoms with van der Waals surface area (Å²) in [7, 11) is 0. The number of hydrogen-bond donors (Lipinski definition) is 2.